The van der Waals surface area contributed by atoms with Gasteiger partial charge in [-0.3, -0.25) is 0 Å². The Morgan fingerprint density at radius 2 is 1.67 bits per heavy atom. The molecule has 0 aromatic heterocycles. The van der Waals surface area contributed by atoms with Crippen molar-refractivity contribution in [1.82, 2.24) is 0 Å². The van der Waals surface area contributed by atoms with Crippen LogP contribution in [0.25, 0.3) is 0 Å². The van der Waals surface area contributed by atoms with Crippen LogP contribution in [0.2, 0.25) is 0 Å². The summed E-state index contributed by atoms with van der Waals surface area (Å²) in [5.41, 5.74) is 3.90. The van der Waals surface area contributed by atoms with Gasteiger partial charge in [0.15, 0.2) is 0 Å². The minimum absolute atomic E-state index is 0.932. The summed E-state index contributed by atoms with van der Waals surface area (Å²) in [5, 5.41) is 0. The number of aryl methyl sites for hydroxylation is 1. The van der Waals surface area contributed by atoms with Crippen molar-refractivity contribution in [3.63, 3.8) is 0 Å². The minimum Gasteiger partial charge on any atom is -0.367 e. The van der Waals surface area contributed by atoms with Crippen LogP contribution in [-0.4, -0.2) is 6.54 Å². The van der Waals surface area contributed by atoms with Gasteiger partial charge in [-0.2, -0.15) is 0 Å². The molecule has 0 aliphatic carbocycles. The molecule has 0 radical (unpaired) electrons. The SMILES string of the molecule is CCN(Cc1ccccc1Br)c1ccc(C)cc1. The van der Waals surface area contributed by atoms with E-state index in [-0.39, 0.29) is 0 Å². The molecule has 2 rings (SSSR count). The highest BCUT2D eigenvalue weighted by molar-refractivity contribution is 9.10. The van der Waals surface area contributed by atoms with E-state index in [1.807, 2.05) is 0 Å². The van der Waals surface area contributed by atoms with E-state index in [1.165, 1.54) is 21.3 Å². The third-order valence-electron chi connectivity index (χ3n) is 3.10. The third-order valence-corrected chi connectivity index (χ3v) is 3.87. The lowest BCUT2D eigenvalue weighted by atomic mass is 10.1. The second-order valence-corrected chi connectivity index (χ2v) is 5.30. The Bertz CT molecular complexity index is 505. The van der Waals surface area contributed by atoms with Crippen LogP contribution in [-0.2, 0) is 6.54 Å². The Labute approximate surface area is 118 Å². The number of benzene rings is 2. The van der Waals surface area contributed by atoms with Crippen molar-refractivity contribution in [3.05, 3.63) is 64.1 Å². The zero-order valence-electron chi connectivity index (χ0n) is 10.9. The Balaban J connectivity index is 2.20. The monoisotopic (exact) mass is 303 g/mol. The number of hydrogen-bond acceptors (Lipinski definition) is 1. The van der Waals surface area contributed by atoms with Gasteiger partial charge in [-0.25, -0.2) is 0 Å². The van der Waals surface area contributed by atoms with Crippen molar-refractivity contribution < 1.29 is 0 Å². The fourth-order valence-electron chi connectivity index (χ4n) is 1.97. The molecule has 0 saturated carbocycles. The molecule has 0 saturated heterocycles. The number of rotatable bonds is 4. The van der Waals surface area contributed by atoms with Gasteiger partial charge in [-0.15, -0.1) is 0 Å². The van der Waals surface area contributed by atoms with Gasteiger partial charge in [-0.1, -0.05) is 51.8 Å². The van der Waals surface area contributed by atoms with Crippen molar-refractivity contribution in [2.45, 2.75) is 20.4 Å². The lowest BCUT2D eigenvalue weighted by molar-refractivity contribution is 0.829. The molecule has 1 nitrogen and oxygen atoms in total. The first kappa shape index (κ1) is 13.2. The first-order valence-electron chi connectivity index (χ1n) is 6.25. The zero-order valence-corrected chi connectivity index (χ0v) is 12.4. The number of anilines is 1. The smallest absolute Gasteiger partial charge is 0.0440 e. The second kappa shape index (κ2) is 6.05. The summed E-state index contributed by atoms with van der Waals surface area (Å²) in [7, 11) is 0. The maximum atomic E-state index is 3.61. The standard InChI is InChI=1S/C16H18BrN/c1-3-18(15-10-8-13(2)9-11-15)12-14-6-4-5-7-16(14)17/h4-11H,3,12H2,1-2H3. The first-order chi connectivity index (χ1) is 8.70. The van der Waals surface area contributed by atoms with Crippen LogP contribution in [0, 0.1) is 6.92 Å². The van der Waals surface area contributed by atoms with Crippen LogP contribution in [0.15, 0.2) is 53.0 Å². The highest BCUT2D eigenvalue weighted by atomic mass is 79.9. The molecule has 0 fully saturated rings. The van der Waals surface area contributed by atoms with E-state index in [2.05, 4.69) is 83.2 Å². The lowest BCUT2D eigenvalue weighted by Gasteiger charge is -2.24. The quantitative estimate of drug-likeness (QED) is 0.785. The Morgan fingerprint density at radius 1 is 1.00 bits per heavy atom. The fourth-order valence-corrected chi connectivity index (χ4v) is 2.38. The Kier molecular flexibility index (Phi) is 4.43. The molecule has 0 atom stereocenters. The van der Waals surface area contributed by atoms with Crippen LogP contribution in [0.5, 0.6) is 0 Å². The van der Waals surface area contributed by atoms with Gasteiger partial charge in [-0.05, 0) is 37.6 Å². The van der Waals surface area contributed by atoms with E-state index >= 15 is 0 Å². The molecule has 0 aliphatic rings. The Morgan fingerprint density at radius 3 is 2.28 bits per heavy atom. The molecule has 18 heavy (non-hydrogen) atoms. The van der Waals surface area contributed by atoms with Crippen LogP contribution in [0.1, 0.15) is 18.1 Å². The normalized spacial score (nSPS) is 10.4. The Hall–Kier alpha value is -1.28. The van der Waals surface area contributed by atoms with Crippen LogP contribution < -0.4 is 4.90 Å². The molecule has 94 valence electrons. The maximum absolute atomic E-state index is 3.61. The first-order valence-corrected chi connectivity index (χ1v) is 7.05. The number of halogens is 1. The van der Waals surface area contributed by atoms with Crippen molar-refractivity contribution >= 4 is 21.6 Å². The van der Waals surface area contributed by atoms with Gasteiger partial charge in [0.25, 0.3) is 0 Å². The highest BCUT2D eigenvalue weighted by Crippen LogP contribution is 2.22. The molecule has 0 heterocycles. The lowest BCUT2D eigenvalue weighted by Crippen LogP contribution is -2.22. The predicted octanol–water partition coefficient (Wildman–Crippen LogP) is 4.78. The largest absolute Gasteiger partial charge is 0.367 e. The van der Waals surface area contributed by atoms with Crippen molar-refractivity contribution in [1.29, 1.82) is 0 Å². The van der Waals surface area contributed by atoms with Crippen molar-refractivity contribution in [3.8, 4) is 0 Å². The fraction of sp³-hybridized carbons (Fsp3) is 0.250. The maximum Gasteiger partial charge on any atom is 0.0440 e. The summed E-state index contributed by atoms with van der Waals surface area (Å²) < 4.78 is 1.18. The van der Waals surface area contributed by atoms with E-state index in [9.17, 15) is 0 Å². The average molecular weight is 304 g/mol. The van der Waals surface area contributed by atoms with Gasteiger partial charge in [0.2, 0.25) is 0 Å². The molecular formula is C16H18BrN. The molecule has 0 N–H and O–H groups in total. The van der Waals surface area contributed by atoms with E-state index in [4.69, 9.17) is 0 Å². The van der Waals surface area contributed by atoms with E-state index < -0.39 is 0 Å². The van der Waals surface area contributed by atoms with Gasteiger partial charge in [0.1, 0.15) is 0 Å². The van der Waals surface area contributed by atoms with E-state index in [1.54, 1.807) is 0 Å². The molecule has 2 aromatic carbocycles. The van der Waals surface area contributed by atoms with Gasteiger partial charge in [0, 0.05) is 23.2 Å². The summed E-state index contributed by atoms with van der Waals surface area (Å²) in [5.74, 6) is 0. The average Bonchev–Trinajstić information content (AvgIpc) is 2.39. The highest BCUT2D eigenvalue weighted by Gasteiger charge is 2.07. The molecule has 2 heteroatoms. The summed E-state index contributed by atoms with van der Waals surface area (Å²) in [6.45, 7) is 6.25. The molecule has 0 spiro atoms. The van der Waals surface area contributed by atoms with Crippen molar-refractivity contribution in [2.75, 3.05) is 11.4 Å². The van der Waals surface area contributed by atoms with Crippen LogP contribution in [0.3, 0.4) is 0 Å². The predicted molar refractivity (Wildman–Crippen MR) is 82.0 cm³/mol. The third kappa shape index (κ3) is 3.14. The molecule has 0 amide bonds. The van der Waals surface area contributed by atoms with Gasteiger partial charge >= 0.3 is 0 Å². The molecule has 0 bridgehead atoms. The summed E-state index contributed by atoms with van der Waals surface area (Å²) in [6, 6.07) is 17.1. The summed E-state index contributed by atoms with van der Waals surface area (Å²) in [6.07, 6.45) is 0. The van der Waals surface area contributed by atoms with Crippen LogP contribution >= 0.6 is 15.9 Å². The van der Waals surface area contributed by atoms with Gasteiger partial charge in [0.05, 0.1) is 0 Å². The zero-order chi connectivity index (χ0) is 13.0. The number of nitrogens with zero attached hydrogens (tertiary/aromatic N) is 1. The molecule has 0 aliphatic heterocycles. The molecular weight excluding hydrogens is 286 g/mol. The summed E-state index contributed by atoms with van der Waals surface area (Å²) in [4.78, 5) is 2.37. The van der Waals surface area contributed by atoms with E-state index in [0.29, 0.717) is 0 Å². The van der Waals surface area contributed by atoms with Crippen molar-refractivity contribution in [2.24, 2.45) is 0 Å². The molecule has 0 unspecified atom stereocenters. The van der Waals surface area contributed by atoms with Gasteiger partial charge < -0.3 is 4.90 Å². The molecule has 2 aromatic rings. The summed E-state index contributed by atoms with van der Waals surface area (Å²) >= 11 is 3.61. The van der Waals surface area contributed by atoms with Crippen LogP contribution in [0.4, 0.5) is 5.69 Å². The minimum atomic E-state index is 0.932. The number of hydrogen-bond donors (Lipinski definition) is 0. The second-order valence-electron chi connectivity index (χ2n) is 4.44. The topological polar surface area (TPSA) is 3.24 Å². The van der Waals surface area contributed by atoms with E-state index in [0.717, 1.165) is 13.1 Å².